The zero-order valence-electron chi connectivity index (χ0n) is 15.4. The first-order valence-corrected chi connectivity index (χ1v) is 8.96. The predicted molar refractivity (Wildman–Crippen MR) is 104 cm³/mol. The molecule has 0 aliphatic heterocycles. The molecule has 1 aromatic heterocycles. The minimum absolute atomic E-state index is 0.0418. The Morgan fingerprint density at radius 1 is 1.21 bits per heavy atom. The molecule has 2 N–H and O–H groups in total. The number of carbonyl (C=O) groups is 1. The van der Waals surface area contributed by atoms with Gasteiger partial charge in [0, 0.05) is 11.9 Å². The van der Waals surface area contributed by atoms with Gasteiger partial charge in [0.15, 0.2) is 5.69 Å². The van der Waals surface area contributed by atoms with Crippen molar-refractivity contribution in [3.8, 4) is 17.5 Å². The predicted octanol–water partition coefficient (Wildman–Crippen LogP) is 3.78. The first-order valence-electron chi connectivity index (χ1n) is 8.96. The Labute approximate surface area is 162 Å². The maximum absolute atomic E-state index is 12.1. The molecule has 1 aliphatic rings. The third kappa shape index (κ3) is 2.97. The highest BCUT2D eigenvalue weighted by Gasteiger charge is 2.24. The number of ether oxygens (including phenoxy) is 2. The summed E-state index contributed by atoms with van der Waals surface area (Å²) < 4.78 is 12.5. The molecule has 0 saturated heterocycles. The van der Waals surface area contributed by atoms with E-state index in [0.717, 1.165) is 18.6 Å². The summed E-state index contributed by atoms with van der Waals surface area (Å²) in [6.45, 7) is 0. The van der Waals surface area contributed by atoms with Crippen LogP contribution in [0.1, 0.15) is 39.7 Å². The molecule has 1 aliphatic carbocycles. The highest BCUT2D eigenvalue weighted by atomic mass is 16.5. The summed E-state index contributed by atoms with van der Waals surface area (Å²) in [6, 6.07) is 17.7. The molecule has 1 unspecified atom stereocenters. The Morgan fingerprint density at radius 3 is 2.68 bits per heavy atom. The van der Waals surface area contributed by atoms with Gasteiger partial charge in [-0.2, -0.15) is 5.26 Å². The fourth-order valence-corrected chi connectivity index (χ4v) is 3.61. The van der Waals surface area contributed by atoms with Gasteiger partial charge in [0.05, 0.1) is 18.4 Å². The van der Waals surface area contributed by atoms with Gasteiger partial charge in [-0.25, -0.2) is 4.79 Å². The summed E-state index contributed by atoms with van der Waals surface area (Å²) in [7, 11) is 1.28. The number of aryl methyl sites for hydroxylation is 1. The lowest BCUT2D eigenvalue weighted by Gasteiger charge is -2.15. The summed E-state index contributed by atoms with van der Waals surface area (Å²) >= 11 is 0. The van der Waals surface area contributed by atoms with Crippen molar-refractivity contribution in [1.29, 1.82) is 5.26 Å². The molecule has 1 atom stereocenters. The molecule has 0 saturated carbocycles. The van der Waals surface area contributed by atoms with E-state index in [1.54, 1.807) is 4.57 Å². The third-order valence-electron chi connectivity index (χ3n) is 5.01. The zero-order chi connectivity index (χ0) is 19.7. The van der Waals surface area contributed by atoms with Gasteiger partial charge < -0.3 is 19.8 Å². The Bertz CT molecular complexity index is 1080. The standard InChI is InChI=1S/C22H19N3O3/c1-27-22(26)21-20(24)15(12-23)13-25(21)16-7-9-17(10-8-16)28-19-11-6-14-4-2-3-5-18(14)19/h2-5,7-10,13,19H,6,11,24H2,1H3. The molecule has 28 heavy (non-hydrogen) atoms. The van der Waals surface area contributed by atoms with Crippen molar-refractivity contribution in [3.05, 3.63) is 77.1 Å². The molecule has 4 rings (SSSR count). The molecule has 140 valence electrons. The second-order valence-electron chi connectivity index (χ2n) is 6.62. The lowest BCUT2D eigenvalue weighted by Crippen LogP contribution is -2.11. The number of carbonyl (C=O) groups excluding carboxylic acids is 1. The van der Waals surface area contributed by atoms with E-state index in [1.807, 2.05) is 42.5 Å². The number of anilines is 1. The van der Waals surface area contributed by atoms with Crippen LogP contribution in [0.25, 0.3) is 5.69 Å². The fourth-order valence-electron chi connectivity index (χ4n) is 3.61. The number of aromatic nitrogens is 1. The number of nitrogens with two attached hydrogens (primary N) is 1. The zero-order valence-corrected chi connectivity index (χ0v) is 15.4. The van der Waals surface area contributed by atoms with E-state index in [-0.39, 0.29) is 23.0 Å². The number of rotatable bonds is 4. The molecule has 3 aromatic rings. The molecular formula is C22H19N3O3. The molecule has 1 heterocycles. The summed E-state index contributed by atoms with van der Waals surface area (Å²) in [5, 5.41) is 9.23. The van der Waals surface area contributed by atoms with Crippen LogP contribution in [0.4, 0.5) is 5.69 Å². The minimum atomic E-state index is -0.595. The van der Waals surface area contributed by atoms with Gasteiger partial charge in [0.1, 0.15) is 17.9 Å². The van der Waals surface area contributed by atoms with Crippen LogP contribution in [0.5, 0.6) is 5.75 Å². The maximum Gasteiger partial charge on any atom is 0.357 e. The molecule has 6 nitrogen and oxygen atoms in total. The Morgan fingerprint density at radius 2 is 1.96 bits per heavy atom. The van der Waals surface area contributed by atoms with Gasteiger partial charge in [-0.15, -0.1) is 0 Å². The van der Waals surface area contributed by atoms with E-state index in [0.29, 0.717) is 5.69 Å². The number of benzene rings is 2. The van der Waals surface area contributed by atoms with Crippen molar-refractivity contribution < 1.29 is 14.3 Å². The van der Waals surface area contributed by atoms with E-state index in [9.17, 15) is 10.1 Å². The molecule has 0 amide bonds. The van der Waals surface area contributed by atoms with Gasteiger partial charge >= 0.3 is 5.97 Å². The summed E-state index contributed by atoms with van der Waals surface area (Å²) in [4.78, 5) is 12.1. The topological polar surface area (TPSA) is 90.3 Å². The number of hydrogen-bond acceptors (Lipinski definition) is 5. The van der Waals surface area contributed by atoms with Crippen LogP contribution in [0.2, 0.25) is 0 Å². The Balaban J connectivity index is 1.61. The smallest absolute Gasteiger partial charge is 0.357 e. The largest absolute Gasteiger partial charge is 0.486 e. The third-order valence-corrected chi connectivity index (χ3v) is 5.01. The summed E-state index contributed by atoms with van der Waals surface area (Å²) in [5.74, 6) is 0.146. The number of methoxy groups -OCH3 is 1. The maximum atomic E-state index is 12.1. The number of nitrogens with zero attached hydrogens (tertiary/aromatic N) is 2. The van der Waals surface area contributed by atoms with Gasteiger partial charge in [0.2, 0.25) is 0 Å². The summed E-state index contributed by atoms with van der Waals surface area (Å²) in [5.41, 5.74) is 9.67. The lowest BCUT2D eigenvalue weighted by atomic mass is 10.1. The van der Waals surface area contributed by atoms with Gasteiger partial charge in [-0.05, 0) is 48.2 Å². The highest BCUT2D eigenvalue weighted by molar-refractivity contribution is 5.95. The van der Waals surface area contributed by atoms with Crippen molar-refractivity contribution in [1.82, 2.24) is 4.57 Å². The van der Waals surface area contributed by atoms with Crippen molar-refractivity contribution in [2.75, 3.05) is 12.8 Å². The van der Waals surface area contributed by atoms with Crippen LogP contribution >= 0.6 is 0 Å². The highest BCUT2D eigenvalue weighted by Crippen LogP contribution is 2.35. The van der Waals surface area contributed by atoms with Crippen LogP contribution in [-0.4, -0.2) is 17.6 Å². The average Bonchev–Trinajstić information content (AvgIpc) is 3.29. The number of nitriles is 1. The lowest BCUT2D eigenvalue weighted by molar-refractivity contribution is 0.0593. The minimum Gasteiger partial charge on any atom is -0.486 e. The van der Waals surface area contributed by atoms with E-state index in [2.05, 4.69) is 12.1 Å². The molecule has 6 heteroatoms. The molecule has 0 radical (unpaired) electrons. The molecule has 2 aromatic carbocycles. The number of hydrogen-bond donors (Lipinski definition) is 1. The number of esters is 1. The molecule has 0 bridgehead atoms. The van der Waals surface area contributed by atoms with Crippen molar-refractivity contribution >= 4 is 11.7 Å². The normalized spacial score (nSPS) is 14.9. The first-order chi connectivity index (χ1) is 13.6. The van der Waals surface area contributed by atoms with E-state index >= 15 is 0 Å². The summed E-state index contributed by atoms with van der Waals surface area (Å²) in [6.07, 6.45) is 3.54. The van der Waals surface area contributed by atoms with E-state index < -0.39 is 5.97 Å². The van der Waals surface area contributed by atoms with Crippen LogP contribution in [0.3, 0.4) is 0 Å². The second kappa shape index (κ2) is 7.12. The molecule has 0 spiro atoms. The van der Waals surface area contributed by atoms with Crippen molar-refractivity contribution in [2.45, 2.75) is 18.9 Å². The second-order valence-corrected chi connectivity index (χ2v) is 6.62. The average molecular weight is 373 g/mol. The quantitative estimate of drug-likeness (QED) is 0.703. The SMILES string of the molecule is COC(=O)c1c(N)c(C#N)cn1-c1ccc(OC2CCc3ccccc32)cc1. The Kier molecular flexibility index (Phi) is 4.50. The molecule has 0 fully saturated rings. The van der Waals surface area contributed by atoms with Gasteiger partial charge in [-0.3, -0.25) is 0 Å². The fraction of sp³-hybridized carbons (Fsp3) is 0.182. The number of nitrogen functional groups attached to an aromatic ring is 1. The van der Waals surface area contributed by atoms with Crippen LogP contribution in [0.15, 0.2) is 54.7 Å². The van der Waals surface area contributed by atoms with Crippen LogP contribution in [0, 0.1) is 11.3 Å². The van der Waals surface area contributed by atoms with E-state index in [4.69, 9.17) is 15.2 Å². The van der Waals surface area contributed by atoms with Crippen LogP contribution in [-0.2, 0) is 11.2 Å². The van der Waals surface area contributed by atoms with Crippen LogP contribution < -0.4 is 10.5 Å². The monoisotopic (exact) mass is 373 g/mol. The van der Waals surface area contributed by atoms with Crippen molar-refractivity contribution in [3.63, 3.8) is 0 Å². The van der Waals surface area contributed by atoms with Gasteiger partial charge in [-0.1, -0.05) is 24.3 Å². The van der Waals surface area contributed by atoms with Gasteiger partial charge in [0.25, 0.3) is 0 Å². The Hall–Kier alpha value is -3.72. The first kappa shape index (κ1) is 17.7. The van der Waals surface area contributed by atoms with E-state index in [1.165, 1.54) is 24.4 Å². The number of fused-ring (bicyclic) bond motifs is 1. The van der Waals surface area contributed by atoms with Crippen molar-refractivity contribution in [2.24, 2.45) is 0 Å². The molecular weight excluding hydrogens is 354 g/mol.